The summed E-state index contributed by atoms with van der Waals surface area (Å²) in [5.41, 5.74) is 0.115. The molecule has 1 unspecified atom stereocenters. The molecule has 122 valence electrons. The molecule has 1 rings (SSSR count). The number of rotatable bonds is 5. The minimum atomic E-state index is -0.617. The van der Waals surface area contributed by atoms with Crippen molar-refractivity contribution in [1.29, 1.82) is 0 Å². The minimum Gasteiger partial charge on any atom is -0.497 e. The van der Waals surface area contributed by atoms with Crippen LogP contribution in [0.2, 0.25) is 0 Å². The SMILES string of the molecule is COC(=O)CC(NC(=O)OC(C)(C)C)c1cccc(OC)c1. The summed E-state index contributed by atoms with van der Waals surface area (Å²) in [5, 5.41) is 2.69. The maximum absolute atomic E-state index is 12.0. The lowest BCUT2D eigenvalue weighted by molar-refractivity contribution is -0.141. The quantitative estimate of drug-likeness (QED) is 0.847. The zero-order valence-corrected chi connectivity index (χ0v) is 13.6. The summed E-state index contributed by atoms with van der Waals surface area (Å²) in [7, 11) is 2.86. The monoisotopic (exact) mass is 309 g/mol. The van der Waals surface area contributed by atoms with E-state index < -0.39 is 23.7 Å². The zero-order valence-electron chi connectivity index (χ0n) is 13.6. The molecule has 1 N–H and O–H groups in total. The Morgan fingerprint density at radius 3 is 2.45 bits per heavy atom. The molecule has 0 spiro atoms. The first-order chi connectivity index (χ1) is 10.2. The van der Waals surface area contributed by atoms with Crippen LogP contribution in [0.3, 0.4) is 0 Å². The molecular formula is C16H23NO5. The Morgan fingerprint density at radius 2 is 1.91 bits per heavy atom. The normalized spacial score (nSPS) is 12.2. The molecule has 1 amide bonds. The van der Waals surface area contributed by atoms with Gasteiger partial charge in [0, 0.05) is 0 Å². The Morgan fingerprint density at radius 1 is 1.23 bits per heavy atom. The first-order valence-corrected chi connectivity index (χ1v) is 6.95. The maximum Gasteiger partial charge on any atom is 0.408 e. The molecule has 0 aliphatic carbocycles. The van der Waals surface area contributed by atoms with E-state index in [0.29, 0.717) is 5.75 Å². The summed E-state index contributed by atoms with van der Waals surface area (Å²) >= 11 is 0. The summed E-state index contributed by atoms with van der Waals surface area (Å²) in [6.45, 7) is 5.31. The fourth-order valence-electron chi connectivity index (χ4n) is 1.81. The molecule has 1 aromatic rings. The van der Waals surface area contributed by atoms with Crippen molar-refractivity contribution >= 4 is 12.1 Å². The van der Waals surface area contributed by atoms with Gasteiger partial charge in [0.05, 0.1) is 26.7 Å². The van der Waals surface area contributed by atoms with Crippen molar-refractivity contribution in [2.75, 3.05) is 14.2 Å². The van der Waals surface area contributed by atoms with Crippen molar-refractivity contribution in [1.82, 2.24) is 5.32 Å². The molecule has 0 heterocycles. The Bertz CT molecular complexity index is 522. The molecule has 0 aromatic heterocycles. The van der Waals surface area contributed by atoms with Gasteiger partial charge in [0.1, 0.15) is 11.4 Å². The summed E-state index contributed by atoms with van der Waals surface area (Å²) < 4.78 is 15.1. The van der Waals surface area contributed by atoms with Crippen LogP contribution < -0.4 is 10.1 Å². The number of benzene rings is 1. The average molecular weight is 309 g/mol. The molecule has 22 heavy (non-hydrogen) atoms. The second-order valence-electron chi connectivity index (χ2n) is 5.76. The Kier molecular flexibility index (Phi) is 6.22. The van der Waals surface area contributed by atoms with Gasteiger partial charge < -0.3 is 19.5 Å². The average Bonchev–Trinajstić information content (AvgIpc) is 2.44. The molecule has 0 aliphatic rings. The first-order valence-electron chi connectivity index (χ1n) is 6.95. The number of esters is 1. The third-order valence-corrected chi connectivity index (χ3v) is 2.79. The highest BCUT2D eigenvalue weighted by Crippen LogP contribution is 2.22. The maximum atomic E-state index is 12.0. The fraction of sp³-hybridized carbons (Fsp3) is 0.500. The van der Waals surface area contributed by atoms with Crippen LogP contribution in [0.5, 0.6) is 5.75 Å². The van der Waals surface area contributed by atoms with Crippen molar-refractivity contribution in [3.05, 3.63) is 29.8 Å². The number of methoxy groups -OCH3 is 2. The van der Waals surface area contributed by atoms with Gasteiger partial charge in [-0.3, -0.25) is 4.79 Å². The van der Waals surface area contributed by atoms with Crippen molar-refractivity contribution in [3.63, 3.8) is 0 Å². The largest absolute Gasteiger partial charge is 0.497 e. The highest BCUT2D eigenvalue weighted by atomic mass is 16.6. The number of amides is 1. The third kappa shape index (κ3) is 6.03. The number of alkyl carbamates (subject to hydrolysis) is 1. The van der Waals surface area contributed by atoms with Crippen LogP contribution in [-0.4, -0.2) is 31.9 Å². The number of carbonyl (C=O) groups excluding carboxylic acids is 2. The molecule has 1 atom stereocenters. The predicted octanol–water partition coefficient (Wildman–Crippen LogP) is 2.82. The summed E-state index contributed by atoms with van der Waals surface area (Å²) in [4.78, 5) is 23.5. The number of carbonyl (C=O) groups is 2. The Balaban J connectivity index is 2.92. The van der Waals surface area contributed by atoms with E-state index in [-0.39, 0.29) is 6.42 Å². The molecule has 1 aromatic carbocycles. The van der Waals surface area contributed by atoms with Gasteiger partial charge >= 0.3 is 12.1 Å². The van der Waals surface area contributed by atoms with E-state index in [1.165, 1.54) is 7.11 Å². The summed E-state index contributed by atoms with van der Waals surface area (Å²) in [6, 6.07) is 6.57. The van der Waals surface area contributed by atoms with Crippen LogP contribution in [0.1, 0.15) is 38.8 Å². The lowest BCUT2D eigenvalue weighted by Crippen LogP contribution is -2.36. The zero-order chi connectivity index (χ0) is 16.8. The fourth-order valence-corrected chi connectivity index (χ4v) is 1.81. The molecule has 0 saturated heterocycles. The van der Waals surface area contributed by atoms with E-state index >= 15 is 0 Å². The van der Waals surface area contributed by atoms with E-state index in [1.807, 2.05) is 0 Å². The lowest BCUT2D eigenvalue weighted by Gasteiger charge is -2.23. The summed E-state index contributed by atoms with van der Waals surface area (Å²) in [5.74, 6) is 0.210. The molecule has 0 bridgehead atoms. The molecule has 0 aliphatic heterocycles. The van der Waals surface area contributed by atoms with Crippen molar-refractivity contribution in [2.24, 2.45) is 0 Å². The van der Waals surface area contributed by atoms with E-state index in [2.05, 4.69) is 10.1 Å². The number of nitrogens with one attached hydrogen (secondary N) is 1. The minimum absolute atomic E-state index is 0.00289. The standard InChI is InChI=1S/C16H23NO5/c1-16(2,3)22-15(19)17-13(10-14(18)21-5)11-7-6-8-12(9-11)20-4/h6-9,13H,10H2,1-5H3,(H,17,19). The molecule has 0 fully saturated rings. The van der Waals surface area contributed by atoms with E-state index in [1.54, 1.807) is 52.1 Å². The number of ether oxygens (including phenoxy) is 3. The van der Waals surface area contributed by atoms with Gasteiger partial charge in [-0.15, -0.1) is 0 Å². The number of hydrogen-bond acceptors (Lipinski definition) is 5. The molecular weight excluding hydrogens is 286 g/mol. The highest BCUT2D eigenvalue weighted by molar-refractivity contribution is 5.73. The predicted molar refractivity (Wildman–Crippen MR) is 81.7 cm³/mol. The van der Waals surface area contributed by atoms with Crippen LogP contribution in [0.15, 0.2) is 24.3 Å². The van der Waals surface area contributed by atoms with Crippen LogP contribution >= 0.6 is 0 Å². The number of hydrogen-bond donors (Lipinski definition) is 1. The molecule has 0 saturated carbocycles. The summed E-state index contributed by atoms with van der Waals surface area (Å²) in [6.07, 6.45) is -0.590. The van der Waals surface area contributed by atoms with Gasteiger partial charge in [0.15, 0.2) is 0 Å². The lowest BCUT2D eigenvalue weighted by atomic mass is 10.0. The highest BCUT2D eigenvalue weighted by Gasteiger charge is 2.23. The van der Waals surface area contributed by atoms with Crippen molar-refractivity contribution < 1.29 is 23.8 Å². The van der Waals surface area contributed by atoms with Gasteiger partial charge in [-0.2, -0.15) is 0 Å². The van der Waals surface area contributed by atoms with E-state index in [4.69, 9.17) is 9.47 Å². The molecule has 6 heteroatoms. The molecule has 6 nitrogen and oxygen atoms in total. The second kappa shape index (κ2) is 7.68. The van der Waals surface area contributed by atoms with Crippen LogP contribution in [0.25, 0.3) is 0 Å². The van der Waals surface area contributed by atoms with E-state index in [0.717, 1.165) is 5.56 Å². The smallest absolute Gasteiger partial charge is 0.408 e. The molecule has 0 radical (unpaired) electrons. The van der Waals surface area contributed by atoms with Gasteiger partial charge in [0.2, 0.25) is 0 Å². The van der Waals surface area contributed by atoms with Crippen LogP contribution in [-0.2, 0) is 14.3 Å². The topological polar surface area (TPSA) is 73.9 Å². The van der Waals surface area contributed by atoms with Crippen molar-refractivity contribution in [2.45, 2.75) is 38.8 Å². The third-order valence-electron chi connectivity index (χ3n) is 2.79. The van der Waals surface area contributed by atoms with Crippen LogP contribution in [0, 0.1) is 0 Å². The first kappa shape index (κ1) is 17.8. The van der Waals surface area contributed by atoms with Gasteiger partial charge in [-0.05, 0) is 38.5 Å². The van der Waals surface area contributed by atoms with E-state index in [9.17, 15) is 9.59 Å². The Labute approximate surface area is 130 Å². The van der Waals surface area contributed by atoms with Crippen molar-refractivity contribution in [3.8, 4) is 5.75 Å². The Hall–Kier alpha value is -2.24. The van der Waals surface area contributed by atoms with Gasteiger partial charge in [-0.1, -0.05) is 12.1 Å². The van der Waals surface area contributed by atoms with Gasteiger partial charge in [0.25, 0.3) is 0 Å². The van der Waals surface area contributed by atoms with Gasteiger partial charge in [-0.25, -0.2) is 4.79 Å². The van der Waals surface area contributed by atoms with Crippen LogP contribution in [0.4, 0.5) is 4.79 Å². The second-order valence-corrected chi connectivity index (χ2v) is 5.76.